The van der Waals surface area contributed by atoms with Crippen LogP contribution in [0.15, 0.2) is 12.1 Å². The van der Waals surface area contributed by atoms with E-state index in [-0.39, 0.29) is 5.41 Å². The topological polar surface area (TPSA) is 78.4 Å². The van der Waals surface area contributed by atoms with E-state index in [9.17, 15) is 14.7 Å². The zero-order valence-electron chi connectivity index (χ0n) is 13.1. The third-order valence-electron chi connectivity index (χ3n) is 4.25. The fraction of sp³-hybridized carbons (Fsp3) is 0.625. The lowest BCUT2D eigenvalue weighted by Crippen LogP contribution is -2.45. The first kappa shape index (κ1) is 17.0. The third kappa shape index (κ3) is 3.67. The highest BCUT2D eigenvalue weighted by molar-refractivity contribution is 7.12. The van der Waals surface area contributed by atoms with Crippen molar-refractivity contribution in [1.29, 1.82) is 0 Å². The number of carbonyl (C=O) groups is 2. The van der Waals surface area contributed by atoms with Crippen molar-refractivity contribution < 1.29 is 14.7 Å². The summed E-state index contributed by atoms with van der Waals surface area (Å²) in [5, 5.41) is 15.0. The first-order chi connectivity index (χ1) is 10.5. The Balaban J connectivity index is 2.08. The molecule has 5 nitrogen and oxygen atoms in total. The molecule has 1 aliphatic carbocycles. The number of rotatable bonds is 5. The molecule has 0 saturated heterocycles. The summed E-state index contributed by atoms with van der Waals surface area (Å²) >= 11 is 1.61. The summed E-state index contributed by atoms with van der Waals surface area (Å²) < 4.78 is 0. The van der Waals surface area contributed by atoms with Crippen LogP contribution in [0.2, 0.25) is 0 Å². The predicted octanol–water partition coefficient (Wildman–Crippen LogP) is 1.87. The van der Waals surface area contributed by atoms with Crippen LogP contribution >= 0.6 is 11.3 Å². The summed E-state index contributed by atoms with van der Waals surface area (Å²) in [5.41, 5.74) is -0.0973. The smallest absolute Gasteiger partial charge is 0.309 e. The number of thiophene rings is 1. The molecule has 1 atom stereocenters. The maximum absolute atomic E-state index is 11.8. The average Bonchev–Trinajstić information content (AvgIpc) is 3.14. The van der Waals surface area contributed by atoms with Crippen LogP contribution in [0.4, 0.5) is 0 Å². The largest absolute Gasteiger partial charge is 0.388 e. The highest BCUT2D eigenvalue weighted by Crippen LogP contribution is 2.44. The van der Waals surface area contributed by atoms with Crippen LogP contribution in [-0.2, 0) is 15.0 Å². The zero-order chi connectivity index (χ0) is 16.2. The number of amides is 2. The highest BCUT2D eigenvalue weighted by Gasteiger charge is 2.37. The lowest BCUT2D eigenvalue weighted by atomic mass is 9.84. The Bertz CT molecular complexity index is 533. The van der Waals surface area contributed by atoms with Gasteiger partial charge in [0.25, 0.3) is 0 Å². The van der Waals surface area contributed by atoms with Gasteiger partial charge < -0.3 is 15.7 Å². The van der Waals surface area contributed by atoms with E-state index in [1.165, 1.54) is 4.88 Å². The van der Waals surface area contributed by atoms with Crippen LogP contribution in [-0.4, -0.2) is 30.0 Å². The Hall–Kier alpha value is -1.40. The molecule has 1 aromatic heterocycles. The van der Waals surface area contributed by atoms with Crippen LogP contribution < -0.4 is 10.6 Å². The normalized spacial score (nSPS) is 18.0. The number of nitrogens with one attached hydrogen (secondary N) is 2. The van der Waals surface area contributed by atoms with E-state index in [4.69, 9.17) is 0 Å². The Kier molecular flexibility index (Phi) is 5.58. The molecule has 0 spiro atoms. The second-order valence-corrected chi connectivity index (χ2v) is 7.02. The fourth-order valence-corrected chi connectivity index (χ4v) is 4.18. The Morgan fingerprint density at radius 3 is 2.45 bits per heavy atom. The van der Waals surface area contributed by atoms with Gasteiger partial charge in [-0.2, -0.15) is 0 Å². The molecule has 3 N–H and O–H groups in total. The van der Waals surface area contributed by atoms with Crippen molar-refractivity contribution in [3.63, 3.8) is 0 Å². The van der Waals surface area contributed by atoms with Gasteiger partial charge in [-0.15, -0.1) is 11.3 Å². The van der Waals surface area contributed by atoms with E-state index in [0.717, 1.165) is 30.6 Å². The standard InChI is InChI=1S/C16H24N2O3S/c1-3-17-14(20)15(21)18-10-16(8-4-5-9-16)13-7-6-12(22-13)11(2)19/h6-7,11,19H,3-5,8-10H2,1-2H3,(H,17,20)(H,18,21). The molecule has 1 fully saturated rings. The maximum Gasteiger partial charge on any atom is 0.309 e. The second-order valence-electron chi connectivity index (χ2n) is 5.91. The van der Waals surface area contributed by atoms with Crippen molar-refractivity contribution in [3.05, 3.63) is 21.9 Å². The summed E-state index contributed by atoms with van der Waals surface area (Å²) in [4.78, 5) is 25.5. The third-order valence-corrected chi connectivity index (χ3v) is 5.75. The zero-order valence-corrected chi connectivity index (χ0v) is 14.0. The van der Waals surface area contributed by atoms with Gasteiger partial charge in [-0.3, -0.25) is 9.59 Å². The molecule has 0 aromatic carbocycles. The Labute approximate surface area is 135 Å². The van der Waals surface area contributed by atoms with Gasteiger partial charge in [-0.05, 0) is 38.8 Å². The van der Waals surface area contributed by atoms with Crippen LogP contribution in [0.3, 0.4) is 0 Å². The van der Waals surface area contributed by atoms with Gasteiger partial charge in [-0.1, -0.05) is 12.8 Å². The van der Waals surface area contributed by atoms with Gasteiger partial charge in [0, 0.05) is 28.3 Å². The SMILES string of the molecule is CCNC(=O)C(=O)NCC1(c2ccc(C(C)O)s2)CCCC1. The van der Waals surface area contributed by atoms with Crippen molar-refractivity contribution in [3.8, 4) is 0 Å². The van der Waals surface area contributed by atoms with Gasteiger partial charge in [0.1, 0.15) is 0 Å². The van der Waals surface area contributed by atoms with E-state index < -0.39 is 17.9 Å². The highest BCUT2D eigenvalue weighted by atomic mass is 32.1. The van der Waals surface area contributed by atoms with Crippen molar-refractivity contribution >= 4 is 23.2 Å². The minimum absolute atomic E-state index is 0.0973. The van der Waals surface area contributed by atoms with Crippen molar-refractivity contribution in [2.24, 2.45) is 0 Å². The van der Waals surface area contributed by atoms with E-state index >= 15 is 0 Å². The van der Waals surface area contributed by atoms with E-state index in [2.05, 4.69) is 16.7 Å². The molecule has 6 heteroatoms. The van der Waals surface area contributed by atoms with Gasteiger partial charge >= 0.3 is 11.8 Å². The van der Waals surface area contributed by atoms with Gasteiger partial charge in [0.2, 0.25) is 0 Å². The van der Waals surface area contributed by atoms with Gasteiger partial charge in [0.05, 0.1) is 6.10 Å². The molecule has 1 unspecified atom stereocenters. The summed E-state index contributed by atoms with van der Waals surface area (Å²) in [7, 11) is 0. The first-order valence-electron chi connectivity index (χ1n) is 7.83. The number of aliphatic hydroxyl groups is 1. The molecule has 0 radical (unpaired) electrons. The monoisotopic (exact) mass is 324 g/mol. The summed E-state index contributed by atoms with van der Waals surface area (Å²) in [6, 6.07) is 4.01. The molecule has 0 aliphatic heterocycles. The maximum atomic E-state index is 11.8. The number of hydrogen-bond acceptors (Lipinski definition) is 4. The minimum atomic E-state index is -0.577. The summed E-state index contributed by atoms with van der Waals surface area (Å²) in [6.45, 7) is 4.46. The lowest BCUT2D eigenvalue weighted by molar-refractivity contribution is -0.139. The molecule has 0 bridgehead atoms. The Morgan fingerprint density at radius 2 is 1.91 bits per heavy atom. The molecule has 122 valence electrons. The quantitative estimate of drug-likeness (QED) is 0.724. The molecule has 1 aromatic rings. The first-order valence-corrected chi connectivity index (χ1v) is 8.64. The van der Waals surface area contributed by atoms with Gasteiger partial charge in [0.15, 0.2) is 0 Å². The van der Waals surface area contributed by atoms with E-state index in [1.807, 2.05) is 6.07 Å². The number of aliphatic hydroxyl groups excluding tert-OH is 1. The number of likely N-dealkylation sites (N-methyl/N-ethyl adjacent to an activating group) is 1. The lowest BCUT2D eigenvalue weighted by Gasteiger charge is -2.28. The molecular weight excluding hydrogens is 300 g/mol. The average molecular weight is 324 g/mol. The van der Waals surface area contributed by atoms with E-state index in [1.54, 1.807) is 25.2 Å². The number of carbonyl (C=O) groups excluding carboxylic acids is 2. The van der Waals surface area contributed by atoms with Gasteiger partial charge in [-0.25, -0.2) is 0 Å². The predicted molar refractivity (Wildman–Crippen MR) is 86.8 cm³/mol. The molecule has 1 aliphatic rings. The molecule has 22 heavy (non-hydrogen) atoms. The van der Waals surface area contributed by atoms with Crippen LogP contribution in [0.1, 0.15) is 55.4 Å². The van der Waals surface area contributed by atoms with Crippen molar-refractivity contribution in [2.45, 2.75) is 51.0 Å². The fourth-order valence-electron chi connectivity index (χ4n) is 3.00. The van der Waals surface area contributed by atoms with Crippen LogP contribution in [0, 0.1) is 0 Å². The molecular formula is C16H24N2O3S. The van der Waals surface area contributed by atoms with Crippen LogP contribution in [0.25, 0.3) is 0 Å². The summed E-state index contributed by atoms with van der Waals surface area (Å²) in [5.74, 6) is -1.15. The van der Waals surface area contributed by atoms with E-state index in [0.29, 0.717) is 13.1 Å². The molecule has 2 amide bonds. The molecule has 2 rings (SSSR count). The Morgan fingerprint density at radius 1 is 1.27 bits per heavy atom. The molecule has 1 heterocycles. The summed E-state index contributed by atoms with van der Waals surface area (Å²) in [6.07, 6.45) is 3.78. The van der Waals surface area contributed by atoms with Crippen molar-refractivity contribution in [1.82, 2.24) is 10.6 Å². The minimum Gasteiger partial charge on any atom is -0.388 e. The van der Waals surface area contributed by atoms with Crippen molar-refractivity contribution in [2.75, 3.05) is 13.1 Å². The molecule has 1 saturated carbocycles. The second kappa shape index (κ2) is 7.24. The van der Waals surface area contributed by atoms with Crippen LogP contribution in [0.5, 0.6) is 0 Å². The number of hydrogen-bond donors (Lipinski definition) is 3.